The van der Waals surface area contributed by atoms with Gasteiger partial charge in [0.15, 0.2) is 11.6 Å². The third-order valence-electron chi connectivity index (χ3n) is 2.22. The van der Waals surface area contributed by atoms with Gasteiger partial charge in [0.05, 0.1) is 18.6 Å². The Labute approximate surface area is 112 Å². The highest BCUT2D eigenvalue weighted by Crippen LogP contribution is 2.21. The van der Waals surface area contributed by atoms with E-state index in [2.05, 4.69) is 5.32 Å². The van der Waals surface area contributed by atoms with Crippen molar-refractivity contribution < 1.29 is 14.2 Å². The Morgan fingerprint density at radius 2 is 2.17 bits per heavy atom. The molecule has 5 heteroatoms. The summed E-state index contributed by atoms with van der Waals surface area (Å²) in [7, 11) is 0. The SMILES string of the molecule is CC(C)COc1ccc(NCC(O)CCl)cc1F. The molecule has 18 heavy (non-hydrogen) atoms. The second kappa shape index (κ2) is 7.44. The van der Waals surface area contributed by atoms with Crippen molar-refractivity contribution in [1.82, 2.24) is 0 Å². The number of nitrogens with one attached hydrogen (secondary N) is 1. The smallest absolute Gasteiger partial charge is 0.167 e. The molecule has 102 valence electrons. The van der Waals surface area contributed by atoms with Crippen molar-refractivity contribution in [2.75, 3.05) is 24.3 Å². The van der Waals surface area contributed by atoms with Gasteiger partial charge in [0.1, 0.15) is 0 Å². The van der Waals surface area contributed by atoms with Crippen LogP contribution in [-0.4, -0.2) is 30.2 Å². The molecule has 1 aromatic carbocycles. The van der Waals surface area contributed by atoms with Crippen molar-refractivity contribution in [1.29, 1.82) is 0 Å². The summed E-state index contributed by atoms with van der Waals surface area (Å²) in [4.78, 5) is 0. The summed E-state index contributed by atoms with van der Waals surface area (Å²) >= 11 is 5.46. The first-order valence-corrected chi connectivity index (χ1v) is 6.46. The summed E-state index contributed by atoms with van der Waals surface area (Å²) in [5.41, 5.74) is 0.591. The maximum absolute atomic E-state index is 13.7. The van der Waals surface area contributed by atoms with Crippen molar-refractivity contribution in [2.24, 2.45) is 5.92 Å². The summed E-state index contributed by atoms with van der Waals surface area (Å²) in [5, 5.41) is 12.2. The highest BCUT2D eigenvalue weighted by Gasteiger charge is 2.07. The summed E-state index contributed by atoms with van der Waals surface area (Å²) in [6, 6.07) is 4.63. The molecule has 0 heterocycles. The Morgan fingerprint density at radius 3 is 2.72 bits per heavy atom. The first-order valence-electron chi connectivity index (χ1n) is 5.93. The van der Waals surface area contributed by atoms with Crippen LogP contribution < -0.4 is 10.1 Å². The van der Waals surface area contributed by atoms with Gasteiger partial charge in [-0.25, -0.2) is 4.39 Å². The second-order valence-corrected chi connectivity index (χ2v) is 4.85. The molecule has 0 aromatic heterocycles. The molecule has 0 aliphatic rings. The van der Waals surface area contributed by atoms with E-state index in [9.17, 15) is 9.50 Å². The summed E-state index contributed by atoms with van der Waals surface area (Å²) in [6.07, 6.45) is -0.647. The first-order chi connectivity index (χ1) is 8.52. The van der Waals surface area contributed by atoms with Gasteiger partial charge in [-0.1, -0.05) is 13.8 Å². The van der Waals surface area contributed by atoms with Crippen LogP contribution in [0.25, 0.3) is 0 Å². The average Bonchev–Trinajstić information content (AvgIpc) is 2.34. The Balaban J connectivity index is 2.56. The van der Waals surface area contributed by atoms with E-state index < -0.39 is 11.9 Å². The molecule has 0 bridgehead atoms. The minimum atomic E-state index is -0.647. The van der Waals surface area contributed by atoms with Gasteiger partial charge in [0.25, 0.3) is 0 Å². The number of benzene rings is 1. The van der Waals surface area contributed by atoms with Crippen LogP contribution in [0.1, 0.15) is 13.8 Å². The van der Waals surface area contributed by atoms with Crippen molar-refractivity contribution in [2.45, 2.75) is 20.0 Å². The minimum absolute atomic E-state index is 0.144. The number of alkyl halides is 1. The zero-order chi connectivity index (χ0) is 13.5. The van der Waals surface area contributed by atoms with Gasteiger partial charge in [0.2, 0.25) is 0 Å². The van der Waals surface area contributed by atoms with Crippen LogP contribution in [0.5, 0.6) is 5.75 Å². The van der Waals surface area contributed by atoms with Crippen molar-refractivity contribution in [3.05, 3.63) is 24.0 Å². The van der Waals surface area contributed by atoms with E-state index in [0.29, 0.717) is 18.2 Å². The van der Waals surface area contributed by atoms with Crippen LogP contribution in [-0.2, 0) is 0 Å². The third-order valence-corrected chi connectivity index (χ3v) is 2.58. The standard InChI is InChI=1S/C13H19ClFNO2/c1-9(2)8-18-13-4-3-10(5-12(13)15)16-7-11(17)6-14/h3-5,9,11,16-17H,6-8H2,1-2H3. The number of anilines is 1. The summed E-state index contributed by atoms with van der Waals surface area (Å²) in [6.45, 7) is 4.77. The topological polar surface area (TPSA) is 41.5 Å². The Hall–Kier alpha value is -1.00. The maximum Gasteiger partial charge on any atom is 0.167 e. The molecule has 1 rings (SSSR count). The van der Waals surface area contributed by atoms with E-state index in [1.54, 1.807) is 12.1 Å². The van der Waals surface area contributed by atoms with E-state index in [1.807, 2.05) is 13.8 Å². The highest BCUT2D eigenvalue weighted by atomic mass is 35.5. The molecule has 1 atom stereocenters. The monoisotopic (exact) mass is 275 g/mol. The largest absolute Gasteiger partial charge is 0.490 e. The fraction of sp³-hybridized carbons (Fsp3) is 0.538. The molecule has 0 radical (unpaired) electrons. The van der Waals surface area contributed by atoms with Crippen LogP contribution in [0.3, 0.4) is 0 Å². The fourth-order valence-corrected chi connectivity index (χ4v) is 1.38. The number of halogens is 2. The molecule has 0 spiro atoms. The molecule has 1 aromatic rings. The number of hydrogen-bond donors (Lipinski definition) is 2. The fourth-order valence-electron chi connectivity index (χ4n) is 1.27. The second-order valence-electron chi connectivity index (χ2n) is 4.54. The average molecular weight is 276 g/mol. The molecular weight excluding hydrogens is 257 g/mol. The lowest BCUT2D eigenvalue weighted by Gasteiger charge is -2.12. The van der Waals surface area contributed by atoms with E-state index >= 15 is 0 Å². The molecule has 0 saturated heterocycles. The predicted octanol–water partition coefficient (Wildman–Crippen LogP) is 2.87. The Kier molecular flexibility index (Phi) is 6.22. The lowest BCUT2D eigenvalue weighted by molar-refractivity contribution is 0.211. The summed E-state index contributed by atoms with van der Waals surface area (Å²) < 4.78 is 19.0. The zero-order valence-electron chi connectivity index (χ0n) is 10.6. The van der Waals surface area contributed by atoms with Gasteiger partial charge in [-0.05, 0) is 18.1 Å². The van der Waals surface area contributed by atoms with E-state index in [-0.39, 0.29) is 18.2 Å². The maximum atomic E-state index is 13.7. The number of ether oxygens (including phenoxy) is 1. The van der Waals surface area contributed by atoms with Gasteiger partial charge in [-0.3, -0.25) is 0 Å². The Bertz CT molecular complexity index is 374. The number of rotatable bonds is 7. The van der Waals surface area contributed by atoms with Crippen LogP contribution in [0, 0.1) is 11.7 Å². The molecule has 0 fully saturated rings. The molecule has 0 aliphatic heterocycles. The van der Waals surface area contributed by atoms with Crippen LogP contribution in [0.2, 0.25) is 0 Å². The molecule has 1 unspecified atom stereocenters. The normalized spacial score (nSPS) is 12.6. The molecular formula is C13H19ClFNO2. The third kappa shape index (κ3) is 5.10. The van der Waals surface area contributed by atoms with E-state index in [1.165, 1.54) is 6.07 Å². The molecule has 3 nitrogen and oxygen atoms in total. The van der Waals surface area contributed by atoms with Gasteiger partial charge in [-0.2, -0.15) is 0 Å². The van der Waals surface area contributed by atoms with Gasteiger partial charge >= 0.3 is 0 Å². The van der Waals surface area contributed by atoms with Gasteiger partial charge < -0.3 is 15.2 Å². The highest BCUT2D eigenvalue weighted by molar-refractivity contribution is 6.18. The lowest BCUT2D eigenvalue weighted by Crippen LogP contribution is -2.20. The predicted molar refractivity (Wildman–Crippen MR) is 71.9 cm³/mol. The van der Waals surface area contributed by atoms with Crippen LogP contribution in [0.15, 0.2) is 18.2 Å². The molecule has 0 amide bonds. The lowest BCUT2D eigenvalue weighted by atomic mass is 10.2. The quantitative estimate of drug-likeness (QED) is 0.752. The minimum Gasteiger partial charge on any atom is -0.490 e. The van der Waals surface area contributed by atoms with E-state index in [0.717, 1.165) is 0 Å². The number of hydrogen-bond acceptors (Lipinski definition) is 3. The van der Waals surface area contributed by atoms with Gasteiger partial charge in [-0.15, -0.1) is 11.6 Å². The van der Waals surface area contributed by atoms with Crippen molar-refractivity contribution in [3.8, 4) is 5.75 Å². The van der Waals surface area contributed by atoms with Crippen LogP contribution in [0.4, 0.5) is 10.1 Å². The zero-order valence-corrected chi connectivity index (χ0v) is 11.4. The van der Waals surface area contributed by atoms with Crippen LogP contribution >= 0.6 is 11.6 Å². The first kappa shape index (κ1) is 15.1. The van der Waals surface area contributed by atoms with E-state index in [4.69, 9.17) is 16.3 Å². The number of aliphatic hydroxyl groups excluding tert-OH is 1. The van der Waals surface area contributed by atoms with Gasteiger partial charge in [0, 0.05) is 18.3 Å². The molecule has 0 aliphatic carbocycles. The van der Waals surface area contributed by atoms with Crippen molar-refractivity contribution in [3.63, 3.8) is 0 Å². The molecule has 2 N–H and O–H groups in total. The summed E-state index contributed by atoms with van der Waals surface area (Å²) in [5.74, 6) is 0.319. The molecule has 0 saturated carbocycles. The Morgan fingerprint density at radius 1 is 1.44 bits per heavy atom. The number of aliphatic hydroxyl groups is 1. The van der Waals surface area contributed by atoms with Crippen molar-refractivity contribution >= 4 is 17.3 Å².